The summed E-state index contributed by atoms with van der Waals surface area (Å²) in [6.07, 6.45) is 1.54. The fraction of sp³-hybridized carbons (Fsp3) is 0.292. The first kappa shape index (κ1) is 21.8. The maximum absolute atomic E-state index is 12.9. The Hall–Kier alpha value is -3.39. The van der Waals surface area contributed by atoms with Gasteiger partial charge in [0.1, 0.15) is 4.88 Å². The van der Waals surface area contributed by atoms with Crippen molar-refractivity contribution >= 4 is 34.1 Å². The van der Waals surface area contributed by atoms with Gasteiger partial charge in [-0.25, -0.2) is 9.78 Å². The Morgan fingerprint density at radius 3 is 2.59 bits per heavy atom. The minimum Gasteiger partial charge on any atom is -0.378 e. The quantitative estimate of drug-likeness (QED) is 0.594. The van der Waals surface area contributed by atoms with Crippen molar-refractivity contribution in [1.29, 1.82) is 0 Å². The predicted octanol–water partition coefficient (Wildman–Crippen LogP) is 3.89. The normalized spacial score (nSPS) is 13.5. The molecule has 1 aromatic heterocycles. The maximum atomic E-state index is 12.9. The lowest BCUT2D eigenvalue weighted by Crippen LogP contribution is -2.31. The first-order valence-electron chi connectivity index (χ1n) is 10.5. The molecule has 2 heterocycles. The summed E-state index contributed by atoms with van der Waals surface area (Å²) in [5, 5.41) is 3.49. The topological polar surface area (TPSA) is 68.8 Å². The number of aromatic nitrogens is 1. The lowest BCUT2D eigenvalue weighted by atomic mass is 10.1. The van der Waals surface area contributed by atoms with E-state index in [1.54, 1.807) is 11.1 Å². The van der Waals surface area contributed by atoms with Crippen molar-refractivity contribution in [3.8, 4) is 0 Å². The Kier molecular flexibility index (Phi) is 6.41. The predicted molar refractivity (Wildman–Crippen MR) is 128 cm³/mol. The van der Waals surface area contributed by atoms with Crippen molar-refractivity contribution in [3.05, 3.63) is 76.3 Å². The highest BCUT2D eigenvalue weighted by atomic mass is 32.1. The molecule has 0 unspecified atom stereocenters. The minimum atomic E-state index is -0.186. The number of benzene rings is 2. The van der Waals surface area contributed by atoms with E-state index in [1.165, 1.54) is 16.9 Å². The monoisotopic (exact) mass is 449 g/mol. The molecule has 3 aromatic rings. The highest BCUT2D eigenvalue weighted by molar-refractivity contribution is 7.17. The van der Waals surface area contributed by atoms with Gasteiger partial charge in [-0.15, -0.1) is 0 Å². The molecule has 1 aliphatic heterocycles. The van der Waals surface area contributed by atoms with Crippen LogP contribution < -0.4 is 15.1 Å². The maximum Gasteiger partial charge on any atom is 0.326 e. The smallest absolute Gasteiger partial charge is 0.326 e. The Morgan fingerprint density at radius 2 is 1.88 bits per heavy atom. The molecule has 3 amide bonds. The third-order valence-electron chi connectivity index (χ3n) is 5.57. The van der Waals surface area contributed by atoms with Gasteiger partial charge < -0.3 is 15.1 Å². The standard InChI is InChI=1S/C24H27N5O2S/c1-17-6-4-5-7-19(17)16-28-12-13-29(24(28)31)23-26-15-21(32-23)22(30)25-14-18-8-10-20(11-9-18)27(2)3/h4-11,15H,12-14,16H2,1-3H3,(H,25,30). The Morgan fingerprint density at radius 1 is 1.12 bits per heavy atom. The van der Waals surface area contributed by atoms with E-state index in [0.717, 1.165) is 16.8 Å². The van der Waals surface area contributed by atoms with Crippen LogP contribution in [-0.4, -0.2) is 49.0 Å². The number of carbonyl (C=O) groups excluding carboxylic acids is 2. The van der Waals surface area contributed by atoms with Crippen LogP contribution in [0.2, 0.25) is 0 Å². The fourth-order valence-electron chi connectivity index (χ4n) is 3.58. The van der Waals surface area contributed by atoms with Crippen LogP contribution in [0.1, 0.15) is 26.4 Å². The molecule has 0 bridgehead atoms. The van der Waals surface area contributed by atoms with E-state index < -0.39 is 0 Å². The van der Waals surface area contributed by atoms with E-state index in [-0.39, 0.29) is 11.9 Å². The lowest BCUT2D eigenvalue weighted by molar-refractivity contribution is 0.0954. The molecule has 0 spiro atoms. The van der Waals surface area contributed by atoms with Gasteiger partial charge in [-0.2, -0.15) is 0 Å². The van der Waals surface area contributed by atoms with Gasteiger partial charge in [0.05, 0.1) is 6.20 Å². The largest absolute Gasteiger partial charge is 0.378 e. The zero-order valence-corrected chi connectivity index (χ0v) is 19.4. The molecule has 0 radical (unpaired) electrons. The second kappa shape index (κ2) is 9.40. The van der Waals surface area contributed by atoms with Gasteiger partial charge in [0.2, 0.25) is 0 Å². The molecule has 0 aliphatic carbocycles. The van der Waals surface area contributed by atoms with E-state index in [0.29, 0.717) is 36.2 Å². The first-order valence-corrected chi connectivity index (χ1v) is 11.4. The molecule has 0 saturated carbocycles. The second-order valence-corrected chi connectivity index (χ2v) is 9.04. The molecule has 1 aliphatic rings. The van der Waals surface area contributed by atoms with Crippen LogP contribution in [0.4, 0.5) is 15.6 Å². The second-order valence-electron chi connectivity index (χ2n) is 8.03. The van der Waals surface area contributed by atoms with Crippen molar-refractivity contribution in [3.63, 3.8) is 0 Å². The first-order chi connectivity index (χ1) is 15.4. The average molecular weight is 450 g/mol. The Labute approximate surface area is 192 Å². The van der Waals surface area contributed by atoms with Crippen LogP contribution in [-0.2, 0) is 13.1 Å². The molecule has 1 fully saturated rings. The Bertz CT molecular complexity index is 1110. The number of anilines is 2. The number of amides is 3. The highest BCUT2D eigenvalue weighted by Gasteiger charge is 2.32. The molecule has 166 valence electrons. The number of hydrogen-bond acceptors (Lipinski definition) is 5. The van der Waals surface area contributed by atoms with Crippen LogP contribution in [0.25, 0.3) is 0 Å². The van der Waals surface area contributed by atoms with Gasteiger partial charge in [0.15, 0.2) is 5.13 Å². The van der Waals surface area contributed by atoms with E-state index >= 15 is 0 Å². The van der Waals surface area contributed by atoms with Gasteiger partial charge in [-0.05, 0) is 35.7 Å². The molecule has 1 saturated heterocycles. The SMILES string of the molecule is Cc1ccccc1CN1CCN(c2ncc(C(=O)NCc3ccc(N(C)C)cc3)s2)C1=O. The van der Waals surface area contributed by atoms with Crippen molar-refractivity contribution in [2.45, 2.75) is 20.0 Å². The molecule has 32 heavy (non-hydrogen) atoms. The van der Waals surface area contributed by atoms with E-state index in [4.69, 9.17) is 0 Å². The highest BCUT2D eigenvalue weighted by Crippen LogP contribution is 2.27. The molecular weight excluding hydrogens is 422 g/mol. The third kappa shape index (κ3) is 4.75. The fourth-order valence-corrected chi connectivity index (χ4v) is 4.43. The molecule has 2 aromatic carbocycles. The van der Waals surface area contributed by atoms with E-state index in [2.05, 4.69) is 23.3 Å². The van der Waals surface area contributed by atoms with Gasteiger partial charge >= 0.3 is 6.03 Å². The number of carbonyl (C=O) groups is 2. The summed E-state index contributed by atoms with van der Waals surface area (Å²) in [6.45, 7) is 4.27. The zero-order valence-electron chi connectivity index (χ0n) is 18.5. The van der Waals surface area contributed by atoms with Gasteiger partial charge in [0, 0.05) is 46.0 Å². The summed E-state index contributed by atoms with van der Waals surface area (Å²) in [7, 11) is 3.98. The van der Waals surface area contributed by atoms with E-state index in [1.807, 2.05) is 66.4 Å². The lowest BCUT2D eigenvalue weighted by Gasteiger charge is -2.18. The zero-order chi connectivity index (χ0) is 22.7. The number of nitrogens with one attached hydrogen (secondary N) is 1. The average Bonchev–Trinajstić information content (AvgIpc) is 3.41. The summed E-state index contributed by atoms with van der Waals surface area (Å²) >= 11 is 1.24. The van der Waals surface area contributed by atoms with Crippen LogP contribution in [0.5, 0.6) is 0 Å². The summed E-state index contributed by atoms with van der Waals surface area (Å²) in [6, 6.07) is 16.1. The van der Waals surface area contributed by atoms with Crippen molar-refractivity contribution < 1.29 is 9.59 Å². The van der Waals surface area contributed by atoms with Crippen molar-refractivity contribution in [1.82, 2.24) is 15.2 Å². The third-order valence-corrected chi connectivity index (χ3v) is 6.59. The number of aryl methyl sites for hydroxylation is 1. The van der Waals surface area contributed by atoms with Gasteiger partial charge in [-0.1, -0.05) is 47.7 Å². The van der Waals surface area contributed by atoms with Crippen LogP contribution in [0, 0.1) is 6.92 Å². The number of urea groups is 1. The minimum absolute atomic E-state index is 0.0736. The number of hydrogen-bond donors (Lipinski definition) is 1. The molecule has 0 atom stereocenters. The molecule has 7 nitrogen and oxygen atoms in total. The van der Waals surface area contributed by atoms with Crippen LogP contribution in [0.3, 0.4) is 0 Å². The van der Waals surface area contributed by atoms with Gasteiger partial charge in [0.25, 0.3) is 5.91 Å². The number of rotatable bonds is 7. The van der Waals surface area contributed by atoms with Crippen LogP contribution >= 0.6 is 11.3 Å². The van der Waals surface area contributed by atoms with E-state index in [9.17, 15) is 9.59 Å². The molecule has 1 N–H and O–H groups in total. The summed E-state index contributed by atoms with van der Waals surface area (Å²) in [5.41, 5.74) is 4.44. The summed E-state index contributed by atoms with van der Waals surface area (Å²) in [5.74, 6) is -0.186. The summed E-state index contributed by atoms with van der Waals surface area (Å²) < 4.78 is 0. The number of thiazole rings is 1. The number of nitrogens with zero attached hydrogens (tertiary/aromatic N) is 4. The molecular formula is C24H27N5O2S. The molecule has 4 rings (SSSR count). The molecule has 8 heteroatoms. The van der Waals surface area contributed by atoms with Gasteiger partial charge in [-0.3, -0.25) is 9.69 Å². The van der Waals surface area contributed by atoms with Crippen LogP contribution in [0.15, 0.2) is 54.7 Å². The Balaban J connectivity index is 1.35. The van der Waals surface area contributed by atoms with Crippen molar-refractivity contribution in [2.75, 3.05) is 37.0 Å². The summed E-state index contributed by atoms with van der Waals surface area (Å²) in [4.78, 5) is 35.8. The van der Waals surface area contributed by atoms with Crippen molar-refractivity contribution in [2.24, 2.45) is 0 Å².